The average Bonchev–Trinajstić information content (AvgIpc) is 2.96. The first-order chi connectivity index (χ1) is 8.65. The molecule has 2 aromatic heterocycles. The van der Waals surface area contributed by atoms with Crippen LogP contribution in [0.3, 0.4) is 0 Å². The van der Waals surface area contributed by atoms with Crippen molar-refractivity contribution in [1.29, 1.82) is 0 Å². The van der Waals surface area contributed by atoms with Crippen LogP contribution in [-0.4, -0.2) is 19.9 Å². The minimum Gasteiger partial charge on any atom is -0.311 e. The van der Waals surface area contributed by atoms with Gasteiger partial charge in [-0.3, -0.25) is 4.72 Å². The maximum atomic E-state index is 12.0. The van der Waals surface area contributed by atoms with Gasteiger partial charge in [0.05, 0.1) is 5.69 Å². The van der Waals surface area contributed by atoms with Crippen LogP contribution in [0.5, 0.6) is 0 Å². The van der Waals surface area contributed by atoms with Crippen molar-refractivity contribution in [2.24, 2.45) is 0 Å². The van der Waals surface area contributed by atoms with Crippen LogP contribution < -0.4 is 10.0 Å². The number of anilines is 1. The van der Waals surface area contributed by atoms with E-state index in [0.29, 0.717) is 9.34 Å². The smallest absolute Gasteiger partial charge is 0.273 e. The summed E-state index contributed by atoms with van der Waals surface area (Å²) in [4.78, 5) is 5.45. The molecule has 8 heteroatoms. The summed E-state index contributed by atoms with van der Waals surface area (Å²) in [5.41, 5.74) is 1.00. The van der Waals surface area contributed by atoms with Crippen LogP contribution in [0.15, 0.2) is 21.7 Å². The average molecular weight is 301 g/mol. The molecule has 1 aliphatic rings. The molecule has 0 spiro atoms. The Balaban J connectivity index is 1.87. The van der Waals surface area contributed by atoms with E-state index in [-0.39, 0.29) is 0 Å². The van der Waals surface area contributed by atoms with Gasteiger partial charge in [-0.15, -0.1) is 11.3 Å². The highest BCUT2D eigenvalue weighted by atomic mass is 32.2. The fourth-order valence-electron chi connectivity index (χ4n) is 1.75. The van der Waals surface area contributed by atoms with Crippen LogP contribution >= 0.6 is 22.7 Å². The van der Waals surface area contributed by atoms with Gasteiger partial charge in [-0.2, -0.15) is 0 Å². The quantitative estimate of drug-likeness (QED) is 0.904. The van der Waals surface area contributed by atoms with Crippen molar-refractivity contribution in [3.63, 3.8) is 0 Å². The number of hydrogen-bond acceptors (Lipinski definition) is 6. The van der Waals surface area contributed by atoms with Crippen molar-refractivity contribution in [3.8, 4) is 0 Å². The maximum absolute atomic E-state index is 12.0. The summed E-state index contributed by atoms with van der Waals surface area (Å²) in [6.07, 6.45) is 0.854. The molecule has 18 heavy (non-hydrogen) atoms. The third-order valence-corrected chi connectivity index (χ3v) is 6.46. The van der Waals surface area contributed by atoms with Gasteiger partial charge in [0.25, 0.3) is 10.0 Å². The van der Waals surface area contributed by atoms with Gasteiger partial charge >= 0.3 is 0 Å². The highest BCUT2D eigenvalue weighted by Crippen LogP contribution is 2.28. The van der Waals surface area contributed by atoms with E-state index in [0.717, 1.165) is 30.1 Å². The summed E-state index contributed by atoms with van der Waals surface area (Å²) in [5, 5.41) is 5.44. The predicted molar refractivity (Wildman–Crippen MR) is 72.7 cm³/mol. The molecule has 0 amide bonds. The van der Waals surface area contributed by atoms with Gasteiger partial charge in [0.15, 0.2) is 5.13 Å². The summed E-state index contributed by atoms with van der Waals surface area (Å²) >= 11 is 2.60. The molecule has 0 aromatic carbocycles. The van der Waals surface area contributed by atoms with Crippen LogP contribution in [0, 0.1) is 0 Å². The second-order valence-corrected chi connectivity index (χ2v) is 7.79. The first kappa shape index (κ1) is 12.1. The fraction of sp³-hybridized carbons (Fsp3) is 0.300. The van der Waals surface area contributed by atoms with Crippen molar-refractivity contribution in [3.05, 3.63) is 28.1 Å². The zero-order valence-electron chi connectivity index (χ0n) is 9.34. The van der Waals surface area contributed by atoms with Gasteiger partial charge in [-0.05, 0) is 11.4 Å². The Morgan fingerprint density at radius 3 is 3.06 bits per heavy atom. The molecule has 0 aliphatic carbocycles. The number of nitrogens with zero attached hydrogens (tertiary/aromatic N) is 1. The Morgan fingerprint density at radius 2 is 2.33 bits per heavy atom. The van der Waals surface area contributed by atoms with Crippen LogP contribution in [0.4, 0.5) is 5.13 Å². The molecule has 3 heterocycles. The van der Waals surface area contributed by atoms with E-state index in [1.54, 1.807) is 17.5 Å². The Hall–Kier alpha value is -0.960. The molecule has 1 aliphatic heterocycles. The third kappa shape index (κ3) is 2.28. The van der Waals surface area contributed by atoms with Gasteiger partial charge in [0.2, 0.25) is 0 Å². The van der Waals surface area contributed by atoms with Crippen LogP contribution in [0.2, 0.25) is 0 Å². The SMILES string of the molecule is O=S(=O)(Nc1nc2c(s1)CNCC2)c1cccs1. The number of rotatable bonds is 3. The Kier molecular flexibility index (Phi) is 3.10. The lowest BCUT2D eigenvalue weighted by atomic mass is 10.2. The standard InChI is InChI=1S/C10H11N3O2S3/c14-18(15,9-2-1-5-16-9)13-10-12-7-3-4-11-6-8(7)17-10/h1-2,5,11H,3-4,6H2,(H,12,13). The lowest BCUT2D eigenvalue weighted by Gasteiger charge is -2.09. The normalized spacial score (nSPS) is 15.3. The van der Waals surface area contributed by atoms with Crippen LogP contribution in [0.25, 0.3) is 0 Å². The fourth-order valence-corrected chi connectivity index (χ4v) is 4.96. The number of aromatic nitrogens is 1. The van der Waals surface area contributed by atoms with Crippen molar-refractivity contribution in [2.45, 2.75) is 17.2 Å². The van der Waals surface area contributed by atoms with Gasteiger partial charge in [0, 0.05) is 24.4 Å². The number of nitrogens with one attached hydrogen (secondary N) is 2. The van der Waals surface area contributed by atoms with Crippen molar-refractivity contribution >= 4 is 37.8 Å². The van der Waals surface area contributed by atoms with Crippen LogP contribution in [-0.2, 0) is 23.0 Å². The molecule has 0 unspecified atom stereocenters. The summed E-state index contributed by atoms with van der Waals surface area (Å²) < 4.78 is 26.9. The Morgan fingerprint density at radius 1 is 1.44 bits per heavy atom. The summed E-state index contributed by atoms with van der Waals surface area (Å²) in [5.74, 6) is 0. The van der Waals surface area contributed by atoms with Crippen molar-refractivity contribution < 1.29 is 8.42 Å². The Labute approximate surface area is 113 Å². The van der Waals surface area contributed by atoms with Gasteiger partial charge in [-0.1, -0.05) is 17.4 Å². The first-order valence-corrected chi connectivity index (χ1v) is 8.59. The van der Waals surface area contributed by atoms with E-state index in [4.69, 9.17) is 0 Å². The minimum absolute atomic E-state index is 0.314. The molecular formula is C10H11N3O2S3. The number of fused-ring (bicyclic) bond motifs is 1. The molecule has 0 atom stereocenters. The summed E-state index contributed by atoms with van der Waals surface area (Å²) in [7, 11) is -3.47. The molecule has 3 rings (SSSR count). The highest BCUT2D eigenvalue weighted by molar-refractivity contribution is 7.94. The lowest BCUT2D eigenvalue weighted by molar-refractivity contribution is 0.603. The van der Waals surface area contributed by atoms with Gasteiger partial charge < -0.3 is 5.32 Å². The third-order valence-electron chi connectivity index (χ3n) is 2.58. The summed E-state index contributed by atoms with van der Waals surface area (Å²) in [6.45, 7) is 1.67. The minimum atomic E-state index is -3.47. The molecule has 2 aromatic rings. The van der Waals surface area contributed by atoms with Gasteiger partial charge in [0.1, 0.15) is 4.21 Å². The second-order valence-electron chi connectivity index (χ2n) is 3.85. The molecule has 0 saturated heterocycles. The molecule has 0 bridgehead atoms. The number of thiazole rings is 1. The van der Waals surface area contributed by atoms with Crippen LogP contribution in [0.1, 0.15) is 10.6 Å². The predicted octanol–water partition coefficient (Wildman–Crippen LogP) is 1.65. The molecular weight excluding hydrogens is 290 g/mol. The lowest BCUT2D eigenvalue weighted by Crippen LogP contribution is -2.22. The maximum Gasteiger partial charge on any atom is 0.273 e. The van der Waals surface area contributed by atoms with E-state index in [2.05, 4.69) is 15.0 Å². The number of hydrogen-bond donors (Lipinski definition) is 2. The van der Waals surface area contributed by atoms with E-state index in [1.807, 2.05) is 0 Å². The van der Waals surface area contributed by atoms with Gasteiger partial charge in [-0.25, -0.2) is 13.4 Å². The second kappa shape index (κ2) is 4.61. The van der Waals surface area contributed by atoms with Crippen molar-refractivity contribution in [1.82, 2.24) is 10.3 Å². The van der Waals surface area contributed by atoms with E-state index < -0.39 is 10.0 Å². The monoisotopic (exact) mass is 301 g/mol. The zero-order valence-corrected chi connectivity index (χ0v) is 11.8. The van der Waals surface area contributed by atoms with Crippen molar-refractivity contribution in [2.75, 3.05) is 11.3 Å². The molecule has 96 valence electrons. The largest absolute Gasteiger partial charge is 0.311 e. The Bertz CT molecular complexity index is 622. The summed E-state index contributed by atoms with van der Waals surface area (Å²) in [6, 6.07) is 3.30. The molecule has 0 radical (unpaired) electrons. The van der Waals surface area contributed by atoms with E-state index >= 15 is 0 Å². The van der Waals surface area contributed by atoms with E-state index in [1.165, 1.54) is 22.7 Å². The topological polar surface area (TPSA) is 71.1 Å². The molecule has 0 saturated carbocycles. The molecule has 5 nitrogen and oxygen atoms in total. The van der Waals surface area contributed by atoms with E-state index in [9.17, 15) is 8.42 Å². The zero-order chi connectivity index (χ0) is 12.6. The number of sulfonamides is 1. The first-order valence-electron chi connectivity index (χ1n) is 5.41. The molecule has 0 fully saturated rings. The number of thiophene rings is 1. The highest BCUT2D eigenvalue weighted by Gasteiger charge is 2.20. The molecule has 2 N–H and O–H groups in total.